The summed E-state index contributed by atoms with van der Waals surface area (Å²) in [6.45, 7) is 3.49. The third-order valence-corrected chi connectivity index (χ3v) is 8.51. The van der Waals surface area contributed by atoms with Crippen LogP contribution in [0, 0.1) is 0 Å². The normalized spacial score (nSPS) is 33.8. The van der Waals surface area contributed by atoms with Crippen LogP contribution < -0.4 is 0 Å². The standard InChI is InChI=1S/C27H45NO3/c1-2-27(29)31-26-19-17-25(18-20-26)30-24-15-13-23(14-16-24)28(21-9-5-3-6-10-21)22-11-7-4-8-12-22/h2,21-26H,1,3-20H2. The highest BCUT2D eigenvalue weighted by Crippen LogP contribution is 2.37. The molecule has 0 heterocycles. The van der Waals surface area contributed by atoms with Crippen molar-refractivity contribution >= 4 is 5.97 Å². The Labute approximate surface area is 190 Å². The van der Waals surface area contributed by atoms with Crippen molar-refractivity contribution in [2.75, 3.05) is 0 Å². The van der Waals surface area contributed by atoms with Crippen LogP contribution in [0.2, 0.25) is 0 Å². The van der Waals surface area contributed by atoms with Gasteiger partial charge in [-0.25, -0.2) is 4.79 Å². The van der Waals surface area contributed by atoms with E-state index >= 15 is 0 Å². The molecular weight excluding hydrogens is 386 g/mol. The van der Waals surface area contributed by atoms with Crippen LogP contribution in [0.15, 0.2) is 12.7 Å². The molecule has 0 aliphatic heterocycles. The average Bonchev–Trinajstić information content (AvgIpc) is 2.83. The molecule has 31 heavy (non-hydrogen) atoms. The van der Waals surface area contributed by atoms with Crippen molar-refractivity contribution in [2.45, 2.75) is 152 Å². The minimum atomic E-state index is -0.289. The second kappa shape index (κ2) is 11.8. The molecular formula is C27H45NO3. The molecule has 0 N–H and O–H groups in total. The molecule has 0 radical (unpaired) electrons. The summed E-state index contributed by atoms with van der Waals surface area (Å²) in [5.74, 6) is -0.289. The number of nitrogens with zero attached hydrogens (tertiary/aromatic N) is 1. The summed E-state index contributed by atoms with van der Waals surface area (Å²) in [4.78, 5) is 14.5. The molecule has 4 aliphatic rings. The SMILES string of the molecule is C=CC(=O)OC1CCC(OC2CCC(N(C3CCCCC3)C3CCCCC3)CC2)CC1. The van der Waals surface area contributed by atoms with Gasteiger partial charge in [-0.1, -0.05) is 45.1 Å². The van der Waals surface area contributed by atoms with Gasteiger partial charge in [-0.2, -0.15) is 0 Å². The second-order valence-electron chi connectivity index (χ2n) is 10.6. The van der Waals surface area contributed by atoms with Crippen LogP contribution in [-0.2, 0) is 14.3 Å². The third-order valence-electron chi connectivity index (χ3n) is 8.51. The van der Waals surface area contributed by atoms with E-state index in [-0.39, 0.29) is 12.1 Å². The van der Waals surface area contributed by atoms with E-state index in [0.29, 0.717) is 12.2 Å². The monoisotopic (exact) mass is 431 g/mol. The Morgan fingerprint density at radius 2 is 1.03 bits per heavy atom. The first-order valence-electron chi connectivity index (χ1n) is 13.5. The van der Waals surface area contributed by atoms with Gasteiger partial charge in [0.2, 0.25) is 0 Å². The molecule has 0 aromatic heterocycles. The van der Waals surface area contributed by atoms with Crippen molar-refractivity contribution in [2.24, 2.45) is 0 Å². The molecule has 4 heteroatoms. The smallest absolute Gasteiger partial charge is 0.330 e. The van der Waals surface area contributed by atoms with Gasteiger partial charge in [-0.3, -0.25) is 4.90 Å². The minimum Gasteiger partial charge on any atom is -0.459 e. The molecule has 4 rings (SSSR count). The number of esters is 1. The van der Waals surface area contributed by atoms with Crippen molar-refractivity contribution in [3.05, 3.63) is 12.7 Å². The largest absolute Gasteiger partial charge is 0.459 e. The fourth-order valence-corrected chi connectivity index (χ4v) is 6.90. The predicted octanol–water partition coefficient (Wildman–Crippen LogP) is 6.32. The number of carbonyl (C=O) groups excluding carboxylic acids is 1. The lowest BCUT2D eigenvalue weighted by Crippen LogP contribution is -2.52. The van der Waals surface area contributed by atoms with Gasteiger partial charge in [0, 0.05) is 24.2 Å². The van der Waals surface area contributed by atoms with Crippen LogP contribution >= 0.6 is 0 Å². The predicted molar refractivity (Wildman–Crippen MR) is 125 cm³/mol. The quantitative estimate of drug-likeness (QED) is 0.349. The topological polar surface area (TPSA) is 38.8 Å². The number of hydrogen-bond donors (Lipinski definition) is 0. The van der Waals surface area contributed by atoms with Crippen LogP contribution in [0.1, 0.15) is 116 Å². The van der Waals surface area contributed by atoms with E-state index in [1.165, 1.54) is 96.0 Å². The fourth-order valence-electron chi connectivity index (χ4n) is 6.90. The molecule has 0 amide bonds. The van der Waals surface area contributed by atoms with E-state index < -0.39 is 0 Å². The second-order valence-corrected chi connectivity index (χ2v) is 10.6. The summed E-state index contributed by atoms with van der Waals surface area (Å²) in [6, 6.07) is 2.50. The summed E-state index contributed by atoms with van der Waals surface area (Å²) in [5, 5.41) is 0. The maximum atomic E-state index is 11.4. The van der Waals surface area contributed by atoms with Gasteiger partial charge < -0.3 is 9.47 Å². The molecule has 0 aromatic carbocycles. The number of rotatable bonds is 7. The Bertz CT molecular complexity index is 533. The van der Waals surface area contributed by atoms with Crippen molar-refractivity contribution in [3.8, 4) is 0 Å². The maximum Gasteiger partial charge on any atom is 0.330 e. The average molecular weight is 432 g/mol. The number of ether oxygens (including phenoxy) is 2. The van der Waals surface area contributed by atoms with E-state index in [0.717, 1.165) is 43.8 Å². The summed E-state index contributed by atoms with van der Waals surface area (Å²) in [5.41, 5.74) is 0. The number of carbonyl (C=O) groups is 1. The molecule has 176 valence electrons. The fraction of sp³-hybridized carbons (Fsp3) is 0.889. The Morgan fingerprint density at radius 1 is 0.613 bits per heavy atom. The van der Waals surface area contributed by atoms with Crippen LogP contribution in [0.25, 0.3) is 0 Å². The van der Waals surface area contributed by atoms with E-state index in [4.69, 9.17) is 9.47 Å². The molecule has 4 aliphatic carbocycles. The van der Waals surface area contributed by atoms with E-state index in [1.807, 2.05) is 0 Å². The van der Waals surface area contributed by atoms with Crippen molar-refractivity contribution in [1.29, 1.82) is 0 Å². The van der Waals surface area contributed by atoms with Gasteiger partial charge in [-0.15, -0.1) is 0 Å². The molecule has 0 aromatic rings. The van der Waals surface area contributed by atoms with Crippen LogP contribution in [0.5, 0.6) is 0 Å². The zero-order valence-electron chi connectivity index (χ0n) is 19.6. The molecule has 0 unspecified atom stereocenters. The van der Waals surface area contributed by atoms with Crippen LogP contribution in [-0.4, -0.2) is 47.3 Å². The maximum absolute atomic E-state index is 11.4. The van der Waals surface area contributed by atoms with Crippen LogP contribution in [0.3, 0.4) is 0 Å². The van der Waals surface area contributed by atoms with Gasteiger partial charge in [0.25, 0.3) is 0 Å². The van der Waals surface area contributed by atoms with Crippen LogP contribution in [0.4, 0.5) is 0 Å². The van der Waals surface area contributed by atoms with Gasteiger partial charge in [-0.05, 0) is 77.0 Å². The summed E-state index contributed by atoms with van der Waals surface area (Å²) >= 11 is 0. The van der Waals surface area contributed by atoms with Gasteiger partial charge in [0.1, 0.15) is 6.10 Å². The van der Waals surface area contributed by atoms with Crippen molar-refractivity contribution in [1.82, 2.24) is 4.90 Å². The lowest BCUT2D eigenvalue weighted by molar-refractivity contribution is -0.147. The van der Waals surface area contributed by atoms with Crippen molar-refractivity contribution in [3.63, 3.8) is 0 Å². The lowest BCUT2D eigenvalue weighted by Gasteiger charge is -2.48. The summed E-state index contributed by atoms with van der Waals surface area (Å²) in [7, 11) is 0. The number of hydrogen-bond acceptors (Lipinski definition) is 4. The first kappa shape index (κ1) is 23.3. The van der Waals surface area contributed by atoms with Gasteiger partial charge in [0.15, 0.2) is 0 Å². The summed E-state index contributed by atoms with van der Waals surface area (Å²) in [6.07, 6.45) is 25.5. The Balaban J connectivity index is 1.24. The Kier molecular flexibility index (Phi) is 8.89. The highest BCUT2D eigenvalue weighted by atomic mass is 16.5. The zero-order chi connectivity index (χ0) is 21.5. The lowest BCUT2D eigenvalue weighted by atomic mass is 9.83. The molecule has 4 fully saturated rings. The van der Waals surface area contributed by atoms with E-state index in [9.17, 15) is 4.79 Å². The third kappa shape index (κ3) is 6.57. The molecule has 0 saturated heterocycles. The molecule has 0 spiro atoms. The molecule has 0 bridgehead atoms. The van der Waals surface area contributed by atoms with Gasteiger partial charge >= 0.3 is 5.97 Å². The zero-order valence-corrected chi connectivity index (χ0v) is 19.6. The Morgan fingerprint density at radius 3 is 1.52 bits per heavy atom. The first-order chi connectivity index (χ1) is 15.2. The summed E-state index contributed by atoms with van der Waals surface area (Å²) < 4.78 is 12.0. The molecule has 4 saturated carbocycles. The molecule has 4 nitrogen and oxygen atoms in total. The minimum absolute atomic E-state index is 0.0561. The molecule has 0 atom stereocenters. The van der Waals surface area contributed by atoms with E-state index in [2.05, 4.69) is 11.5 Å². The van der Waals surface area contributed by atoms with E-state index in [1.54, 1.807) is 0 Å². The Hall–Kier alpha value is -0.870. The highest BCUT2D eigenvalue weighted by Gasteiger charge is 2.36. The van der Waals surface area contributed by atoms with Gasteiger partial charge in [0.05, 0.1) is 12.2 Å². The first-order valence-corrected chi connectivity index (χ1v) is 13.5. The van der Waals surface area contributed by atoms with Crippen molar-refractivity contribution < 1.29 is 14.3 Å². The highest BCUT2D eigenvalue weighted by molar-refractivity contribution is 5.81.